The highest BCUT2D eigenvalue weighted by molar-refractivity contribution is 9.10. The Labute approximate surface area is 123 Å². The van der Waals surface area contributed by atoms with Crippen molar-refractivity contribution >= 4 is 33.4 Å². The molecule has 104 valence electrons. The Morgan fingerprint density at radius 2 is 2.00 bits per heavy atom. The molecule has 6 heteroatoms. The maximum Gasteiger partial charge on any atom is 0.251 e. The quantitative estimate of drug-likeness (QED) is 0.790. The molecule has 0 radical (unpaired) electrons. The number of hydrogen-bond donors (Lipinski definition) is 0. The fourth-order valence-corrected chi connectivity index (χ4v) is 2.56. The molecule has 0 N–H and O–H groups in total. The summed E-state index contributed by atoms with van der Waals surface area (Å²) in [5, 5.41) is 0.578. The summed E-state index contributed by atoms with van der Waals surface area (Å²) in [7, 11) is 0. The lowest BCUT2D eigenvalue weighted by Gasteiger charge is -2.31. The molecule has 2 rings (SSSR count). The van der Waals surface area contributed by atoms with Crippen LogP contribution < -0.4 is 0 Å². The zero-order chi connectivity index (χ0) is 14.0. The maximum absolute atomic E-state index is 13.0. The topological polar surface area (TPSA) is 20.3 Å². The van der Waals surface area contributed by atoms with Gasteiger partial charge in [-0.15, -0.1) is 0 Å². The Balaban J connectivity index is 1.96. The van der Waals surface area contributed by atoms with E-state index in [1.54, 1.807) is 18.2 Å². The van der Waals surface area contributed by atoms with Crippen LogP contribution in [0.25, 0.3) is 0 Å². The number of benzene rings is 1. The normalized spacial score (nSPS) is 18.4. The van der Waals surface area contributed by atoms with Gasteiger partial charge in [-0.1, -0.05) is 17.7 Å². The molecule has 0 aromatic heterocycles. The molecular weight excluding hydrogens is 340 g/mol. The Morgan fingerprint density at radius 3 is 2.58 bits per heavy atom. The molecule has 1 heterocycles. The highest BCUT2D eigenvalue weighted by atomic mass is 79.9. The summed E-state index contributed by atoms with van der Waals surface area (Å²) in [5.41, 5.74) is 0.818. The van der Waals surface area contributed by atoms with Gasteiger partial charge in [0, 0.05) is 30.4 Å². The van der Waals surface area contributed by atoms with Crippen LogP contribution in [0.15, 0.2) is 22.7 Å². The highest BCUT2D eigenvalue weighted by Crippen LogP contribution is 2.28. The smallest absolute Gasteiger partial charge is 0.251 e. The van der Waals surface area contributed by atoms with Crippen LogP contribution in [0.1, 0.15) is 18.4 Å². The number of carbonyl (C=O) groups is 1. The van der Waals surface area contributed by atoms with E-state index in [0.29, 0.717) is 5.02 Å². The Morgan fingerprint density at radius 1 is 1.37 bits per heavy atom. The van der Waals surface area contributed by atoms with Crippen LogP contribution in [0, 0.1) is 0 Å². The predicted octanol–water partition coefficient (Wildman–Crippen LogP) is 3.90. The van der Waals surface area contributed by atoms with Gasteiger partial charge in [-0.25, -0.2) is 8.78 Å². The molecule has 2 nitrogen and oxygen atoms in total. The number of piperidine rings is 1. The minimum absolute atomic E-state index is 0.121. The van der Waals surface area contributed by atoms with Gasteiger partial charge in [-0.2, -0.15) is 0 Å². The number of amides is 1. The largest absolute Gasteiger partial charge is 0.342 e. The summed E-state index contributed by atoms with van der Waals surface area (Å²) in [4.78, 5) is 13.5. The molecule has 0 saturated carbocycles. The third-order valence-electron chi connectivity index (χ3n) is 3.19. The average Bonchev–Trinajstić information content (AvgIpc) is 2.33. The van der Waals surface area contributed by atoms with E-state index >= 15 is 0 Å². The fourth-order valence-electron chi connectivity index (χ4n) is 2.02. The van der Waals surface area contributed by atoms with Crippen molar-refractivity contribution in [1.82, 2.24) is 4.90 Å². The van der Waals surface area contributed by atoms with Crippen LogP contribution in [0.2, 0.25) is 5.02 Å². The molecular formula is C13H13BrClF2NO. The van der Waals surface area contributed by atoms with Crippen LogP contribution in [0.4, 0.5) is 8.78 Å². The van der Waals surface area contributed by atoms with Crippen molar-refractivity contribution in [1.29, 1.82) is 0 Å². The van der Waals surface area contributed by atoms with E-state index in [9.17, 15) is 13.6 Å². The van der Waals surface area contributed by atoms with Crippen molar-refractivity contribution in [3.8, 4) is 0 Å². The lowest BCUT2D eigenvalue weighted by atomic mass is 10.1. The molecule has 0 bridgehead atoms. The van der Waals surface area contributed by atoms with Gasteiger partial charge in [0.05, 0.1) is 11.4 Å². The first-order valence-corrected chi connectivity index (χ1v) is 7.14. The number of nitrogens with zero attached hydrogens (tertiary/aromatic N) is 1. The van der Waals surface area contributed by atoms with Crippen molar-refractivity contribution in [2.45, 2.75) is 25.2 Å². The molecule has 0 unspecified atom stereocenters. The van der Waals surface area contributed by atoms with Crippen molar-refractivity contribution in [2.75, 3.05) is 13.1 Å². The number of halogens is 4. The van der Waals surface area contributed by atoms with Gasteiger partial charge < -0.3 is 4.90 Å². The monoisotopic (exact) mass is 351 g/mol. The number of alkyl halides is 2. The molecule has 1 aromatic carbocycles. The van der Waals surface area contributed by atoms with E-state index in [0.717, 1.165) is 10.0 Å². The van der Waals surface area contributed by atoms with E-state index < -0.39 is 5.92 Å². The van der Waals surface area contributed by atoms with Crippen molar-refractivity contribution in [2.24, 2.45) is 0 Å². The van der Waals surface area contributed by atoms with Crippen LogP contribution in [-0.4, -0.2) is 29.8 Å². The van der Waals surface area contributed by atoms with Gasteiger partial charge in [-0.3, -0.25) is 4.79 Å². The number of rotatable bonds is 2. The summed E-state index contributed by atoms with van der Waals surface area (Å²) in [5.74, 6) is -2.75. The van der Waals surface area contributed by atoms with Crippen LogP contribution in [-0.2, 0) is 11.2 Å². The van der Waals surface area contributed by atoms with E-state index in [2.05, 4.69) is 15.9 Å². The second-order valence-electron chi connectivity index (χ2n) is 4.66. The SMILES string of the molecule is O=C(Cc1ccc(Cl)c(Br)c1)N1CCC(F)(F)CC1. The summed E-state index contributed by atoms with van der Waals surface area (Å²) in [6, 6.07) is 5.25. The van der Waals surface area contributed by atoms with Crippen molar-refractivity contribution in [3.63, 3.8) is 0 Å². The number of likely N-dealkylation sites (tertiary alicyclic amines) is 1. The lowest BCUT2D eigenvalue weighted by molar-refractivity contribution is -0.136. The molecule has 19 heavy (non-hydrogen) atoms. The minimum Gasteiger partial charge on any atom is -0.342 e. The summed E-state index contributed by atoms with van der Waals surface area (Å²) >= 11 is 9.16. The number of carbonyl (C=O) groups excluding carboxylic acids is 1. The van der Waals surface area contributed by atoms with Gasteiger partial charge in [0.15, 0.2) is 0 Å². The van der Waals surface area contributed by atoms with Gasteiger partial charge in [-0.05, 0) is 33.6 Å². The van der Waals surface area contributed by atoms with E-state index in [-0.39, 0.29) is 38.3 Å². The molecule has 1 amide bonds. The maximum atomic E-state index is 13.0. The lowest BCUT2D eigenvalue weighted by Crippen LogP contribution is -2.43. The zero-order valence-corrected chi connectivity index (χ0v) is 12.5. The molecule has 1 aliphatic heterocycles. The molecule has 0 atom stereocenters. The summed E-state index contributed by atoms with van der Waals surface area (Å²) in [6.45, 7) is 0.251. The summed E-state index contributed by atoms with van der Waals surface area (Å²) in [6.07, 6.45) is -0.284. The van der Waals surface area contributed by atoms with Gasteiger partial charge in [0.25, 0.3) is 5.92 Å². The van der Waals surface area contributed by atoms with E-state index in [4.69, 9.17) is 11.6 Å². The molecule has 0 spiro atoms. The Bertz CT molecular complexity index is 486. The van der Waals surface area contributed by atoms with Crippen LogP contribution in [0.3, 0.4) is 0 Å². The number of hydrogen-bond acceptors (Lipinski definition) is 1. The first-order chi connectivity index (χ1) is 8.87. The highest BCUT2D eigenvalue weighted by Gasteiger charge is 2.35. The molecule has 1 aliphatic rings. The van der Waals surface area contributed by atoms with Crippen LogP contribution in [0.5, 0.6) is 0 Å². The molecule has 1 saturated heterocycles. The molecule has 1 fully saturated rings. The van der Waals surface area contributed by atoms with Gasteiger partial charge in [0.2, 0.25) is 5.91 Å². The van der Waals surface area contributed by atoms with Crippen molar-refractivity contribution < 1.29 is 13.6 Å². The standard InChI is InChI=1S/C13H13BrClF2NO/c14-10-7-9(1-2-11(10)15)8-12(19)18-5-3-13(16,17)4-6-18/h1-2,7H,3-6,8H2. The fraction of sp³-hybridized carbons (Fsp3) is 0.462. The zero-order valence-electron chi connectivity index (χ0n) is 10.1. The van der Waals surface area contributed by atoms with Crippen molar-refractivity contribution in [3.05, 3.63) is 33.3 Å². The average molecular weight is 353 g/mol. The predicted molar refractivity (Wildman–Crippen MR) is 73.6 cm³/mol. The third-order valence-corrected chi connectivity index (χ3v) is 4.40. The summed E-state index contributed by atoms with van der Waals surface area (Å²) < 4.78 is 26.7. The van der Waals surface area contributed by atoms with E-state index in [1.165, 1.54) is 4.90 Å². The molecule has 0 aliphatic carbocycles. The van der Waals surface area contributed by atoms with Gasteiger partial charge in [0.1, 0.15) is 0 Å². The molecule has 1 aromatic rings. The minimum atomic E-state index is -2.62. The first-order valence-electron chi connectivity index (χ1n) is 5.97. The first kappa shape index (κ1) is 14.7. The Kier molecular flexibility index (Phi) is 4.46. The Hall–Kier alpha value is -0.680. The van der Waals surface area contributed by atoms with E-state index in [1.807, 2.05) is 0 Å². The third kappa shape index (κ3) is 3.89. The second kappa shape index (κ2) is 5.75. The van der Waals surface area contributed by atoms with Crippen LogP contribution >= 0.6 is 27.5 Å². The second-order valence-corrected chi connectivity index (χ2v) is 5.92. The van der Waals surface area contributed by atoms with Gasteiger partial charge >= 0.3 is 0 Å².